The normalized spacial score (nSPS) is 10.9. The maximum absolute atomic E-state index is 10.9. The van der Waals surface area contributed by atoms with Gasteiger partial charge in [0.1, 0.15) is 5.75 Å². The van der Waals surface area contributed by atoms with E-state index >= 15 is 0 Å². The van der Waals surface area contributed by atoms with Gasteiger partial charge >= 0.3 is 11.9 Å². The topological polar surface area (TPSA) is 83.8 Å². The molecule has 0 saturated heterocycles. The van der Waals surface area contributed by atoms with Crippen LogP contribution in [0.25, 0.3) is 5.57 Å². The summed E-state index contributed by atoms with van der Waals surface area (Å²) in [5.41, 5.74) is -0.0788. The van der Waals surface area contributed by atoms with Gasteiger partial charge in [0.2, 0.25) is 0 Å². The molecule has 0 aliphatic heterocycles. The van der Waals surface area contributed by atoms with E-state index in [1.54, 1.807) is 18.2 Å². The average molecular weight is 222 g/mol. The first-order valence-electron chi connectivity index (χ1n) is 4.37. The van der Waals surface area contributed by atoms with Gasteiger partial charge in [-0.15, -0.1) is 0 Å². The molecule has 1 aromatic carbocycles. The number of rotatable bonds is 4. The third kappa shape index (κ3) is 2.60. The van der Waals surface area contributed by atoms with E-state index in [1.165, 1.54) is 13.2 Å². The summed E-state index contributed by atoms with van der Waals surface area (Å²) >= 11 is 0. The summed E-state index contributed by atoms with van der Waals surface area (Å²) in [4.78, 5) is 21.4. The van der Waals surface area contributed by atoms with Crippen LogP contribution in [-0.2, 0) is 9.59 Å². The van der Waals surface area contributed by atoms with Crippen LogP contribution in [0.2, 0.25) is 0 Å². The summed E-state index contributed by atoms with van der Waals surface area (Å²) in [7, 11) is 1.39. The first-order valence-corrected chi connectivity index (χ1v) is 4.37. The molecule has 0 heterocycles. The van der Waals surface area contributed by atoms with Crippen LogP contribution in [0.3, 0.4) is 0 Å². The molecular formula is C11H10O5. The predicted molar refractivity (Wildman–Crippen MR) is 56.2 cm³/mol. The number of methoxy groups -OCH3 is 1. The summed E-state index contributed by atoms with van der Waals surface area (Å²) in [6.45, 7) is 0. The molecule has 0 bridgehead atoms. The molecule has 0 saturated carbocycles. The third-order valence-electron chi connectivity index (χ3n) is 1.90. The zero-order chi connectivity index (χ0) is 12.1. The Labute approximate surface area is 91.6 Å². The summed E-state index contributed by atoms with van der Waals surface area (Å²) < 4.78 is 4.96. The number of aliphatic carboxylic acids is 2. The largest absolute Gasteiger partial charge is 0.496 e. The summed E-state index contributed by atoms with van der Waals surface area (Å²) in [6, 6.07) is 6.33. The molecule has 16 heavy (non-hydrogen) atoms. The van der Waals surface area contributed by atoms with Crippen molar-refractivity contribution < 1.29 is 24.5 Å². The van der Waals surface area contributed by atoms with Gasteiger partial charge in [-0.3, -0.25) is 0 Å². The third-order valence-corrected chi connectivity index (χ3v) is 1.90. The van der Waals surface area contributed by atoms with E-state index in [2.05, 4.69) is 0 Å². The van der Waals surface area contributed by atoms with Crippen molar-refractivity contribution in [1.29, 1.82) is 0 Å². The Morgan fingerprint density at radius 3 is 2.38 bits per heavy atom. The number of para-hydroxylation sites is 1. The Kier molecular flexibility index (Phi) is 3.66. The molecule has 0 fully saturated rings. The molecule has 5 nitrogen and oxygen atoms in total. The number of carbonyl (C=O) groups is 2. The van der Waals surface area contributed by atoms with Gasteiger partial charge in [0.15, 0.2) is 0 Å². The lowest BCUT2D eigenvalue weighted by molar-refractivity contribution is -0.133. The van der Waals surface area contributed by atoms with Gasteiger partial charge in [0.05, 0.1) is 12.7 Å². The maximum atomic E-state index is 10.9. The van der Waals surface area contributed by atoms with Crippen molar-refractivity contribution in [3.05, 3.63) is 35.9 Å². The van der Waals surface area contributed by atoms with Crippen LogP contribution < -0.4 is 4.74 Å². The number of ether oxygens (including phenoxy) is 1. The second-order valence-corrected chi connectivity index (χ2v) is 2.90. The molecule has 5 heteroatoms. The number of hydrogen-bond donors (Lipinski definition) is 2. The van der Waals surface area contributed by atoms with E-state index in [4.69, 9.17) is 14.9 Å². The Bertz CT molecular complexity index is 447. The van der Waals surface area contributed by atoms with Gasteiger partial charge in [-0.1, -0.05) is 18.2 Å². The van der Waals surface area contributed by atoms with Crippen LogP contribution in [-0.4, -0.2) is 29.3 Å². The van der Waals surface area contributed by atoms with Crippen LogP contribution in [0.5, 0.6) is 5.75 Å². The number of carboxylic acids is 2. The lowest BCUT2D eigenvalue weighted by Crippen LogP contribution is -2.04. The van der Waals surface area contributed by atoms with Gasteiger partial charge in [0, 0.05) is 11.6 Å². The van der Waals surface area contributed by atoms with Crippen molar-refractivity contribution in [3.8, 4) is 5.75 Å². The van der Waals surface area contributed by atoms with E-state index < -0.39 is 11.9 Å². The molecule has 0 aliphatic carbocycles. The van der Waals surface area contributed by atoms with Gasteiger partial charge in [0.25, 0.3) is 0 Å². The van der Waals surface area contributed by atoms with Crippen LogP contribution in [0.4, 0.5) is 0 Å². The van der Waals surface area contributed by atoms with Gasteiger partial charge in [-0.2, -0.15) is 0 Å². The molecule has 0 spiro atoms. The van der Waals surface area contributed by atoms with Crippen LogP contribution in [0, 0.1) is 0 Å². The minimum atomic E-state index is -1.32. The fourth-order valence-corrected chi connectivity index (χ4v) is 1.25. The predicted octanol–water partition coefficient (Wildman–Crippen LogP) is 1.25. The highest BCUT2D eigenvalue weighted by molar-refractivity contribution is 6.20. The van der Waals surface area contributed by atoms with E-state index in [0.717, 1.165) is 0 Å². The minimum Gasteiger partial charge on any atom is -0.496 e. The molecule has 0 unspecified atom stereocenters. The zero-order valence-corrected chi connectivity index (χ0v) is 8.51. The van der Waals surface area contributed by atoms with Crippen molar-refractivity contribution in [1.82, 2.24) is 0 Å². The zero-order valence-electron chi connectivity index (χ0n) is 8.51. The molecule has 0 aliphatic rings. The Hall–Kier alpha value is -2.30. The van der Waals surface area contributed by atoms with Crippen LogP contribution in [0.15, 0.2) is 30.3 Å². The number of hydrogen-bond acceptors (Lipinski definition) is 3. The number of benzene rings is 1. The number of carboxylic acid groups (broad SMARTS) is 2. The van der Waals surface area contributed by atoms with Crippen LogP contribution in [0.1, 0.15) is 5.56 Å². The van der Waals surface area contributed by atoms with E-state index in [1.807, 2.05) is 0 Å². The van der Waals surface area contributed by atoms with E-state index in [0.29, 0.717) is 11.8 Å². The lowest BCUT2D eigenvalue weighted by atomic mass is 10.0. The molecule has 0 radical (unpaired) electrons. The van der Waals surface area contributed by atoms with Gasteiger partial charge in [-0.25, -0.2) is 9.59 Å². The molecule has 0 amide bonds. The first-order chi connectivity index (χ1) is 7.56. The molecule has 1 rings (SSSR count). The standard InChI is InChI=1S/C11H10O5/c1-16-9-5-3-2-4-7(9)8(11(14)15)6-10(12)13/h2-6H,1H3,(H,12,13)(H,14,15)/b8-6-. The lowest BCUT2D eigenvalue weighted by Gasteiger charge is -2.07. The second-order valence-electron chi connectivity index (χ2n) is 2.90. The Balaban J connectivity index is 3.32. The van der Waals surface area contributed by atoms with Gasteiger partial charge < -0.3 is 14.9 Å². The maximum Gasteiger partial charge on any atom is 0.336 e. The quantitative estimate of drug-likeness (QED) is 0.749. The Morgan fingerprint density at radius 1 is 1.25 bits per heavy atom. The van der Waals surface area contributed by atoms with Crippen molar-refractivity contribution in [2.75, 3.05) is 7.11 Å². The SMILES string of the molecule is COc1ccccc1/C(=C/C(=O)O)C(=O)O. The second kappa shape index (κ2) is 4.97. The average Bonchev–Trinajstić information content (AvgIpc) is 2.25. The minimum absolute atomic E-state index is 0.236. The molecule has 0 aromatic heterocycles. The monoisotopic (exact) mass is 222 g/mol. The molecule has 1 aromatic rings. The van der Waals surface area contributed by atoms with Crippen LogP contribution >= 0.6 is 0 Å². The van der Waals surface area contributed by atoms with Crippen molar-refractivity contribution in [3.63, 3.8) is 0 Å². The highest BCUT2D eigenvalue weighted by atomic mass is 16.5. The fourth-order valence-electron chi connectivity index (χ4n) is 1.25. The van der Waals surface area contributed by atoms with Gasteiger partial charge in [-0.05, 0) is 6.07 Å². The van der Waals surface area contributed by atoms with Crippen molar-refractivity contribution in [2.45, 2.75) is 0 Å². The summed E-state index contributed by atoms with van der Waals surface area (Å²) in [6.07, 6.45) is 0.639. The van der Waals surface area contributed by atoms with E-state index in [9.17, 15) is 9.59 Å². The molecule has 2 N–H and O–H groups in total. The summed E-state index contributed by atoms with van der Waals surface area (Å²) in [5, 5.41) is 17.5. The van der Waals surface area contributed by atoms with Crippen molar-refractivity contribution in [2.24, 2.45) is 0 Å². The Morgan fingerprint density at radius 2 is 1.88 bits per heavy atom. The summed E-state index contributed by atoms with van der Waals surface area (Å²) in [5.74, 6) is -2.31. The highest BCUT2D eigenvalue weighted by Gasteiger charge is 2.16. The smallest absolute Gasteiger partial charge is 0.336 e. The van der Waals surface area contributed by atoms with E-state index in [-0.39, 0.29) is 11.1 Å². The molecule has 84 valence electrons. The molecular weight excluding hydrogens is 212 g/mol. The van der Waals surface area contributed by atoms with Crippen molar-refractivity contribution >= 4 is 17.5 Å². The first kappa shape index (κ1) is 11.8. The fraction of sp³-hybridized carbons (Fsp3) is 0.0909. The highest BCUT2D eigenvalue weighted by Crippen LogP contribution is 2.25. The molecule has 0 atom stereocenters.